The van der Waals surface area contributed by atoms with Crippen molar-refractivity contribution in [1.82, 2.24) is 0 Å². The molecule has 0 bridgehead atoms. The van der Waals surface area contributed by atoms with Crippen LogP contribution < -0.4 is 0 Å². The fourth-order valence-corrected chi connectivity index (χ4v) is 3.83. The first-order valence-corrected chi connectivity index (χ1v) is 13.2. The van der Waals surface area contributed by atoms with Gasteiger partial charge in [-0.3, -0.25) is 4.18 Å². The maximum atomic E-state index is 11.9. The molecule has 1 unspecified atom stereocenters. The van der Waals surface area contributed by atoms with Crippen molar-refractivity contribution in [3.63, 3.8) is 0 Å². The molecular weight excluding hydrogens is 468 g/mol. The molecule has 1 fully saturated rings. The second-order valence-corrected chi connectivity index (χ2v) is 8.93. The lowest BCUT2D eigenvalue weighted by molar-refractivity contribution is -0.169. The van der Waals surface area contributed by atoms with Gasteiger partial charge in [0.2, 0.25) is 0 Å². The van der Waals surface area contributed by atoms with E-state index in [0.717, 1.165) is 25.9 Å². The summed E-state index contributed by atoms with van der Waals surface area (Å²) in [5.41, 5.74) is 0. The average Bonchev–Trinajstić information content (AvgIpc) is 2.86. The van der Waals surface area contributed by atoms with Crippen LogP contribution in [0.15, 0.2) is 35.2 Å². The summed E-state index contributed by atoms with van der Waals surface area (Å²) < 4.78 is 66.8. The summed E-state index contributed by atoms with van der Waals surface area (Å²) in [7, 11) is -3.74. The minimum Gasteiger partial charge on any atom is -0.377 e. The first-order valence-electron chi connectivity index (χ1n) is 11.7. The van der Waals surface area contributed by atoms with Gasteiger partial charge in [-0.2, -0.15) is 8.42 Å². The van der Waals surface area contributed by atoms with Crippen LogP contribution in [0.3, 0.4) is 0 Å². The standard InChI is InChI=1S/C23H38O10S/c24-34(25,22-6-2-1-3-7-22)33-21-19-30-17-15-28-13-11-26-10-12-27-14-16-29-18-20-32-23-8-4-5-9-31-23/h1-3,6-7,23H,4-5,8-21H2. The predicted octanol–water partition coefficient (Wildman–Crippen LogP) is 2.02. The van der Waals surface area contributed by atoms with Gasteiger partial charge >= 0.3 is 0 Å². The Balaban J connectivity index is 1.25. The molecule has 1 atom stereocenters. The Kier molecular flexibility index (Phi) is 16.3. The molecule has 10 nitrogen and oxygen atoms in total. The van der Waals surface area contributed by atoms with Crippen LogP contribution in [0, 0.1) is 0 Å². The van der Waals surface area contributed by atoms with Crippen LogP contribution in [0.1, 0.15) is 19.3 Å². The van der Waals surface area contributed by atoms with E-state index in [-0.39, 0.29) is 24.4 Å². The Morgan fingerprint density at radius 2 is 1.18 bits per heavy atom. The van der Waals surface area contributed by atoms with Crippen LogP contribution in [-0.2, 0) is 47.5 Å². The highest BCUT2D eigenvalue weighted by atomic mass is 32.2. The summed E-state index contributed by atoms with van der Waals surface area (Å²) >= 11 is 0. The lowest BCUT2D eigenvalue weighted by Crippen LogP contribution is -2.24. The van der Waals surface area contributed by atoms with Gasteiger partial charge in [0.1, 0.15) is 0 Å². The zero-order chi connectivity index (χ0) is 24.2. The van der Waals surface area contributed by atoms with Crippen molar-refractivity contribution < 1.29 is 45.8 Å². The fourth-order valence-electron chi connectivity index (χ4n) is 2.92. The zero-order valence-corrected chi connectivity index (χ0v) is 20.6. The quantitative estimate of drug-likeness (QED) is 0.181. The second kappa shape index (κ2) is 19.1. The lowest BCUT2D eigenvalue weighted by atomic mass is 10.2. The van der Waals surface area contributed by atoms with E-state index in [4.69, 9.17) is 37.3 Å². The van der Waals surface area contributed by atoms with Crippen LogP contribution in [0.25, 0.3) is 0 Å². The van der Waals surface area contributed by atoms with Crippen molar-refractivity contribution in [2.24, 2.45) is 0 Å². The molecule has 0 N–H and O–H groups in total. The average molecular weight is 507 g/mol. The number of hydrogen-bond acceptors (Lipinski definition) is 10. The maximum Gasteiger partial charge on any atom is 0.297 e. The van der Waals surface area contributed by atoms with Crippen LogP contribution in [0.4, 0.5) is 0 Å². The van der Waals surface area contributed by atoms with Crippen molar-refractivity contribution >= 4 is 10.1 Å². The number of rotatable bonds is 21. The Morgan fingerprint density at radius 1 is 0.676 bits per heavy atom. The molecule has 34 heavy (non-hydrogen) atoms. The molecule has 0 radical (unpaired) electrons. The van der Waals surface area contributed by atoms with Crippen molar-refractivity contribution in [2.75, 3.05) is 85.9 Å². The molecule has 2 rings (SSSR count). The van der Waals surface area contributed by atoms with Gasteiger partial charge in [-0.05, 0) is 31.4 Å². The summed E-state index contributed by atoms with van der Waals surface area (Å²) in [5.74, 6) is 0. The molecular formula is C23H38O10S. The molecule has 1 heterocycles. The highest BCUT2D eigenvalue weighted by molar-refractivity contribution is 7.86. The number of hydrogen-bond donors (Lipinski definition) is 0. The molecule has 0 spiro atoms. The SMILES string of the molecule is O=S(=O)(OCCOCCOCCOCCOCCOCCOC1CCCCO1)c1ccccc1. The van der Waals surface area contributed by atoms with Crippen molar-refractivity contribution in [3.05, 3.63) is 30.3 Å². The molecule has 0 saturated carbocycles. The molecule has 11 heteroatoms. The van der Waals surface area contributed by atoms with Gasteiger partial charge in [0.15, 0.2) is 6.29 Å². The summed E-state index contributed by atoms with van der Waals surface area (Å²) in [4.78, 5) is 0.128. The summed E-state index contributed by atoms with van der Waals surface area (Å²) in [5, 5.41) is 0. The van der Waals surface area contributed by atoms with Gasteiger partial charge in [-0.1, -0.05) is 18.2 Å². The van der Waals surface area contributed by atoms with Crippen LogP contribution in [0.2, 0.25) is 0 Å². The number of benzene rings is 1. The predicted molar refractivity (Wildman–Crippen MR) is 123 cm³/mol. The third-order valence-corrected chi connectivity index (χ3v) is 5.98. The van der Waals surface area contributed by atoms with Crippen molar-refractivity contribution in [3.8, 4) is 0 Å². The van der Waals surface area contributed by atoms with Crippen molar-refractivity contribution in [2.45, 2.75) is 30.4 Å². The van der Waals surface area contributed by atoms with E-state index < -0.39 is 10.1 Å². The second-order valence-electron chi connectivity index (χ2n) is 7.32. The monoisotopic (exact) mass is 506 g/mol. The molecule has 0 aromatic heterocycles. The highest BCUT2D eigenvalue weighted by Gasteiger charge is 2.14. The molecule has 1 aliphatic rings. The third kappa shape index (κ3) is 14.3. The molecule has 1 saturated heterocycles. The topological polar surface area (TPSA) is 108 Å². The van der Waals surface area contributed by atoms with E-state index in [0.29, 0.717) is 66.1 Å². The first-order chi connectivity index (χ1) is 16.7. The Hall–Kier alpha value is -1.15. The van der Waals surface area contributed by atoms with Crippen molar-refractivity contribution in [1.29, 1.82) is 0 Å². The molecule has 1 aliphatic heterocycles. The van der Waals surface area contributed by atoms with Gasteiger partial charge in [0, 0.05) is 6.61 Å². The van der Waals surface area contributed by atoms with Gasteiger partial charge < -0.3 is 33.2 Å². The van der Waals surface area contributed by atoms with E-state index >= 15 is 0 Å². The fraction of sp³-hybridized carbons (Fsp3) is 0.739. The van der Waals surface area contributed by atoms with E-state index in [1.165, 1.54) is 12.1 Å². The lowest BCUT2D eigenvalue weighted by Gasteiger charge is -2.22. The summed E-state index contributed by atoms with van der Waals surface area (Å²) in [6, 6.07) is 8.00. The molecule has 1 aromatic carbocycles. The number of ether oxygens (including phenoxy) is 7. The summed E-state index contributed by atoms with van der Waals surface area (Å²) in [6.45, 7) is 5.58. The normalized spacial score (nSPS) is 16.6. The Morgan fingerprint density at radius 3 is 1.68 bits per heavy atom. The Labute approximate surface area is 202 Å². The maximum absolute atomic E-state index is 11.9. The Bertz CT molecular complexity index is 695. The molecule has 0 amide bonds. The van der Waals surface area contributed by atoms with Gasteiger partial charge in [0.25, 0.3) is 10.1 Å². The van der Waals surface area contributed by atoms with E-state index in [2.05, 4.69) is 0 Å². The van der Waals surface area contributed by atoms with E-state index in [1.807, 2.05) is 0 Å². The smallest absolute Gasteiger partial charge is 0.297 e. The minimum absolute atomic E-state index is 0.0470. The molecule has 0 aliphatic carbocycles. The third-order valence-electron chi connectivity index (χ3n) is 4.66. The van der Waals surface area contributed by atoms with E-state index in [9.17, 15) is 8.42 Å². The van der Waals surface area contributed by atoms with Gasteiger partial charge in [-0.25, -0.2) is 0 Å². The zero-order valence-electron chi connectivity index (χ0n) is 19.8. The van der Waals surface area contributed by atoms with Gasteiger partial charge in [-0.15, -0.1) is 0 Å². The molecule has 196 valence electrons. The largest absolute Gasteiger partial charge is 0.377 e. The van der Waals surface area contributed by atoms with Crippen LogP contribution in [0.5, 0.6) is 0 Å². The molecule has 1 aromatic rings. The highest BCUT2D eigenvalue weighted by Crippen LogP contribution is 2.13. The van der Waals surface area contributed by atoms with E-state index in [1.54, 1.807) is 18.2 Å². The summed E-state index contributed by atoms with van der Waals surface area (Å²) in [6.07, 6.45) is 3.15. The minimum atomic E-state index is -3.74. The van der Waals surface area contributed by atoms with Crippen LogP contribution >= 0.6 is 0 Å². The van der Waals surface area contributed by atoms with Gasteiger partial charge in [0.05, 0.1) is 84.2 Å². The first kappa shape index (κ1) is 29.1. The van der Waals surface area contributed by atoms with Crippen LogP contribution in [-0.4, -0.2) is 101 Å².